The summed E-state index contributed by atoms with van der Waals surface area (Å²) in [5, 5.41) is 10.4. The lowest BCUT2D eigenvalue weighted by Gasteiger charge is -2.31. The van der Waals surface area contributed by atoms with Gasteiger partial charge in [-0.1, -0.05) is 18.2 Å². The van der Waals surface area contributed by atoms with Crippen LogP contribution in [0, 0.1) is 6.92 Å². The maximum absolute atomic E-state index is 13.0. The van der Waals surface area contributed by atoms with Crippen molar-refractivity contribution in [3.63, 3.8) is 0 Å². The molecule has 1 saturated heterocycles. The van der Waals surface area contributed by atoms with Crippen LogP contribution in [0.3, 0.4) is 0 Å². The minimum Gasteiger partial charge on any atom is -0.475 e. The van der Waals surface area contributed by atoms with Crippen molar-refractivity contribution in [2.75, 3.05) is 49.9 Å². The van der Waals surface area contributed by atoms with Gasteiger partial charge in [0.15, 0.2) is 0 Å². The fraction of sp³-hybridized carbons (Fsp3) is 0.364. The van der Waals surface area contributed by atoms with Crippen LogP contribution in [0.25, 0.3) is 0 Å². The number of aryl methyl sites for hydroxylation is 1. The number of carboxylic acids is 1. The summed E-state index contributed by atoms with van der Waals surface area (Å²) in [5.41, 5.74) is 2.29. The molecule has 0 aromatic heterocycles. The van der Waals surface area contributed by atoms with Gasteiger partial charge in [0.2, 0.25) is 0 Å². The van der Waals surface area contributed by atoms with E-state index >= 15 is 0 Å². The zero-order valence-electron chi connectivity index (χ0n) is 19.4. The van der Waals surface area contributed by atoms with Crippen molar-refractivity contribution in [1.82, 2.24) is 10.2 Å². The summed E-state index contributed by atoms with van der Waals surface area (Å²) in [4.78, 5) is 25.1. The topological polar surface area (TPSA) is 119 Å². The maximum atomic E-state index is 13.0. The predicted molar refractivity (Wildman–Crippen MR) is 125 cm³/mol. The molecule has 35 heavy (non-hydrogen) atoms. The normalized spacial score (nSPS) is 13.9. The van der Waals surface area contributed by atoms with E-state index < -0.39 is 22.2 Å². The third kappa shape index (κ3) is 7.59. The van der Waals surface area contributed by atoms with Crippen LogP contribution in [0.1, 0.15) is 15.9 Å². The highest BCUT2D eigenvalue weighted by Gasteiger charge is 2.38. The van der Waals surface area contributed by atoms with Gasteiger partial charge in [0, 0.05) is 45.8 Å². The summed E-state index contributed by atoms with van der Waals surface area (Å²) in [7, 11) is -0.444. The maximum Gasteiger partial charge on any atom is 0.490 e. The van der Waals surface area contributed by atoms with Gasteiger partial charge in [0.1, 0.15) is 0 Å². The summed E-state index contributed by atoms with van der Waals surface area (Å²) in [6, 6.07) is 12.0. The first kappa shape index (κ1) is 27.9. The first-order valence-corrected chi connectivity index (χ1v) is 11.9. The van der Waals surface area contributed by atoms with Crippen molar-refractivity contribution < 1.29 is 36.3 Å². The Morgan fingerprint density at radius 3 is 2.17 bits per heavy atom. The molecular weight excluding hydrogens is 489 g/mol. The number of anilines is 2. The molecule has 13 heteroatoms. The highest BCUT2D eigenvalue weighted by Crippen LogP contribution is 2.31. The quantitative estimate of drug-likeness (QED) is 0.559. The lowest BCUT2D eigenvalue weighted by atomic mass is 10.1. The van der Waals surface area contributed by atoms with Crippen molar-refractivity contribution in [3.8, 4) is 0 Å². The van der Waals surface area contributed by atoms with Gasteiger partial charge in [0.05, 0.1) is 16.3 Å². The molecule has 192 valence electrons. The Balaban J connectivity index is 0.000000540. The molecule has 0 atom stereocenters. The van der Waals surface area contributed by atoms with Gasteiger partial charge in [-0.05, 0) is 36.8 Å². The number of hydrogen-bond donors (Lipinski definition) is 3. The number of piperazine rings is 1. The number of rotatable bonds is 5. The number of alkyl halides is 3. The van der Waals surface area contributed by atoms with Crippen LogP contribution in [0.5, 0.6) is 0 Å². The van der Waals surface area contributed by atoms with E-state index in [0.29, 0.717) is 16.8 Å². The number of aliphatic carboxylic acids is 1. The van der Waals surface area contributed by atoms with Gasteiger partial charge in [-0.2, -0.15) is 13.2 Å². The number of sulfonamides is 1. The molecule has 0 unspecified atom stereocenters. The number of amides is 1. The molecule has 0 bridgehead atoms. The van der Waals surface area contributed by atoms with Crippen molar-refractivity contribution in [2.24, 2.45) is 0 Å². The van der Waals surface area contributed by atoms with Crippen LogP contribution < -0.4 is 14.9 Å². The van der Waals surface area contributed by atoms with Crippen molar-refractivity contribution in [2.45, 2.75) is 18.0 Å². The summed E-state index contributed by atoms with van der Waals surface area (Å²) in [5.74, 6) is -2.93. The molecular formula is C22H27F3N4O5S. The Hall–Kier alpha value is -3.32. The van der Waals surface area contributed by atoms with Crippen molar-refractivity contribution in [3.05, 3.63) is 53.6 Å². The number of carbonyl (C=O) groups excluding carboxylic acids is 1. The van der Waals surface area contributed by atoms with Crippen LogP contribution in [0.2, 0.25) is 0 Å². The number of carbonyl (C=O) groups is 2. The molecule has 9 nitrogen and oxygen atoms in total. The lowest BCUT2D eigenvalue weighted by molar-refractivity contribution is -0.192. The molecule has 0 saturated carbocycles. The van der Waals surface area contributed by atoms with Gasteiger partial charge in [-0.15, -0.1) is 0 Å². The summed E-state index contributed by atoms with van der Waals surface area (Å²) >= 11 is 0. The molecule has 1 aliphatic rings. The second kappa shape index (κ2) is 11.4. The zero-order chi connectivity index (χ0) is 26.4. The molecule has 2 aromatic rings. The number of carboxylic acid groups (broad SMARTS) is 1. The number of halogens is 3. The monoisotopic (exact) mass is 516 g/mol. The van der Waals surface area contributed by atoms with Crippen molar-refractivity contribution >= 4 is 33.3 Å². The highest BCUT2D eigenvalue weighted by molar-refractivity contribution is 7.92. The number of hydrogen-bond acceptors (Lipinski definition) is 6. The number of nitrogens with one attached hydrogen (secondary N) is 2. The molecule has 3 rings (SSSR count). The largest absolute Gasteiger partial charge is 0.490 e. The summed E-state index contributed by atoms with van der Waals surface area (Å²) < 4.78 is 60.5. The average Bonchev–Trinajstić information content (AvgIpc) is 2.78. The van der Waals surface area contributed by atoms with Crippen LogP contribution >= 0.6 is 0 Å². The third-order valence-electron chi connectivity index (χ3n) is 4.98. The second-order valence-electron chi connectivity index (χ2n) is 7.84. The molecule has 3 N–H and O–H groups in total. The molecule has 2 aromatic carbocycles. The van der Waals surface area contributed by atoms with Gasteiger partial charge in [0.25, 0.3) is 15.9 Å². The summed E-state index contributed by atoms with van der Waals surface area (Å²) in [6.45, 7) is 4.93. The molecule has 1 fully saturated rings. The van der Waals surface area contributed by atoms with Crippen LogP contribution in [0.4, 0.5) is 24.5 Å². The van der Waals surface area contributed by atoms with Crippen molar-refractivity contribution in [1.29, 1.82) is 0 Å². The van der Waals surface area contributed by atoms with E-state index in [9.17, 15) is 26.4 Å². The van der Waals surface area contributed by atoms with E-state index in [1.807, 2.05) is 6.07 Å². The van der Waals surface area contributed by atoms with Crippen LogP contribution in [-0.4, -0.2) is 76.8 Å². The molecule has 1 aliphatic heterocycles. The first-order valence-electron chi connectivity index (χ1n) is 10.4. The predicted octanol–water partition coefficient (Wildman–Crippen LogP) is 2.54. The molecule has 0 spiro atoms. The van der Waals surface area contributed by atoms with E-state index in [2.05, 4.69) is 14.9 Å². The van der Waals surface area contributed by atoms with Gasteiger partial charge < -0.3 is 20.2 Å². The second-order valence-corrected chi connectivity index (χ2v) is 9.49. The Morgan fingerprint density at radius 1 is 1.09 bits per heavy atom. The number of benzene rings is 2. The van der Waals surface area contributed by atoms with Gasteiger partial charge >= 0.3 is 12.1 Å². The van der Waals surface area contributed by atoms with E-state index in [0.717, 1.165) is 31.9 Å². The first-order chi connectivity index (χ1) is 16.2. The molecule has 1 heterocycles. The Bertz CT molecular complexity index is 1160. The smallest absolute Gasteiger partial charge is 0.475 e. The van der Waals surface area contributed by atoms with Crippen LogP contribution in [0.15, 0.2) is 47.4 Å². The van der Waals surface area contributed by atoms with E-state index in [1.165, 1.54) is 4.90 Å². The molecule has 1 amide bonds. The standard InChI is InChI=1S/C20H26N4O3S.C2HF3O2/c1-15-6-4-5-7-19(15)28(26,27)22-17-14-16(20(25)23(2)3)8-9-18(17)24-12-10-21-11-13-24;3-2(4,5)1(6)7/h4-9,14,21-22H,10-13H2,1-3H3;(H,6,7). The van der Waals surface area contributed by atoms with Crippen LogP contribution in [-0.2, 0) is 14.8 Å². The Morgan fingerprint density at radius 2 is 1.66 bits per heavy atom. The highest BCUT2D eigenvalue weighted by atomic mass is 32.2. The Kier molecular flexibility index (Phi) is 9.10. The Labute approximate surface area is 201 Å². The van der Waals surface area contributed by atoms with E-state index in [4.69, 9.17) is 9.90 Å². The minimum absolute atomic E-state index is 0.178. The lowest BCUT2D eigenvalue weighted by Crippen LogP contribution is -2.43. The molecule has 0 aliphatic carbocycles. The third-order valence-corrected chi connectivity index (χ3v) is 6.50. The van der Waals surface area contributed by atoms with Gasteiger partial charge in [-0.3, -0.25) is 9.52 Å². The number of nitrogens with zero attached hydrogens (tertiary/aromatic N) is 2. The fourth-order valence-electron chi connectivity index (χ4n) is 3.25. The SMILES string of the molecule is Cc1ccccc1S(=O)(=O)Nc1cc(C(=O)N(C)C)ccc1N1CCNCC1.O=C(O)C(F)(F)F. The minimum atomic E-state index is -5.08. The van der Waals surface area contributed by atoms with E-state index in [1.54, 1.807) is 57.4 Å². The zero-order valence-corrected chi connectivity index (χ0v) is 20.2. The summed E-state index contributed by atoms with van der Waals surface area (Å²) in [6.07, 6.45) is -5.08. The average molecular weight is 517 g/mol. The van der Waals surface area contributed by atoms with Gasteiger partial charge in [-0.25, -0.2) is 13.2 Å². The molecule has 0 radical (unpaired) electrons. The fourth-order valence-corrected chi connectivity index (χ4v) is 4.56. The van der Waals surface area contributed by atoms with E-state index in [-0.39, 0.29) is 10.8 Å².